The maximum atomic E-state index is 13.2. The number of aliphatic hydroxyl groups excluding tert-OH is 1. The van der Waals surface area contributed by atoms with E-state index < -0.39 is 6.04 Å². The molecule has 2 aromatic rings. The van der Waals surface area contributed by atoms with Crippen molar-refractivity contribution in [3.63, 3.8) is 0 Å². The van der Waals surface area contributed by atoms with Crippen molar-refractivity contribution < 1.29 is 24.2 Å². The van der Waals surface area contributed by atoms with Crippen molar-refractivity contribution in [3.8, 4) is 11.5 Å². The van der Waals surface area contributed by atoms with Crippen molar-refractivity contribution in [2.24, 2.45) is 0 Å². The van der Waals surface area contributed by atoms with Crippen LogP contribution in [0.2, 0.25) is 5.02 Å². The van der Waals surface area contributed by atoms with E-state index >= 15 is 0 Å². The van der Waals surface area contributed by atoms with E-state index in [0.717, 1.165) is 11.1 Å². The minimum atomic E-state index is -0.693. The van der Waals surface area contributed by atoms with Gasteiger partial charge in [0.2, 0.25) is 11.8 Å². The summed E-state index contributed by atoms with van der Waals surface area (Å²) in [7, 11) is 3.09. The molecule has 0 saturated carbocycles. The molecule has 0 bridgehead atoms. The average molecular weight is 449 g/mol. The fourth-order valence-electron chi connectivity index (χ4n) is 3.07. The molecule has 2 rings (SSSR count). The number of nitrogens with one attached hydrogen (secondary N) is 1. The van der Waals surface area contributed by atoms with Crippen molar-refractivity contribution in [1.29, 1.82) is 0 Å². The number of methoxy groups -OCH3 is 2. The Morgan fingerprint density at radius 3 is 2.32 bits per heavy atom. The largest absolute Gasteiger partial charge is 0.493 e. The second kappa shape index (κ2) is 12.2. The number of carbonyl (C=O) groups is 2. The van der Waals surface area contributed by atoms with E-state index in [9.17, 15) is 9.59 Å². The second-order valence-corrected chi connectivity index (χ2v) is 7.49. The molecule has 31 heavy (non-hydrogen) atoms. The monoisotopic (exact) mass is 448 g/mol. The molecule has 8 heteroatoms. The SMILES string of the molecule is COc1ccc(CC(=O)N(Cc2ccc(Cl)cc2)[C@@H](C)C(=O)NCCCO)cc1OC. The van der Waals surface area contributed by atoms with Gasteiger partial charge >= 0.3 is 0 Å². The van der Waals surface area contributed by atoms with Gasteiger partial charge in [-0.05, 0) is 48.7 Å². The van der Waals surface area contributed by atoms with Gasteiger partial charge in [-0.3, -0.25) is 9.59 Å². The maximum absolute atomic E-state index is 13.2. The van der Waals surface area contributed by atoms with Crippen molar-refractivity contribution in [3.05, 3.63) is 58.6 Å². The number of halogens is 1. The number of benzene rings is 2. The third kappa shape index (κ3) is 7.15. The second-order valence-electron chi connectivity index (χ2n) is 7.06. The number of carbonyl (C=O) groups excluding carboxylic acids is 2. The van der Waals surface area contributed by atoms with Crippen LogP contribution in [0.1, 0.15) is 24.5 Å². The Labute approximate surface area is 187 Å². The Hall–Kier alpha value is -2.77. The summed E-state index contributed by atoms with van der Waals surface area (Å²) >= 11 is 5.97. The standard InChI is InChI=1S/C23H29ClN2O5/c1-16(23(29)25-11-4-12-27)26(15-17-5-8-19(24)9-6-17)22(28)14-18-7-10-20(30-2)21(13-18)31-3/h5-10,13,16,27H,4,11-12,14-15H2,1-3H3,(H,25,29)/t16-/m0/s1. The fraction of sp³-hybridized carbons (Fsp3) is 0.391. The Balaban J connectivity index is 2.22. The average Bonchev–Trinajstić information content (AvgIpc) is 2.78. The highest BCUT2D eigenvalue weighted by Crippen LogP contribution is 2.28. The molecule has 2 amide bonds. The lowest BCUT2D eigenvalue weighted by atomic mass is 10.1. The van der Waals surface area contributed by atoms with Gasteiger partial charge in [0.05, 0.1) is 20.6 Å². The summed E-state index contributed by atoms with van der Waals surface area (Å²) in [6.45, 7) is 2.29. The Morgan fingerprint density at radius 1 is 1.06 bits per heavy atom. The van der Waals surface area contributed by atoms with E-state index in [1.807, 2.05) is 12.1 Å². The quantitative estimate of drug-likeness (QED) is 0.516. The van der Waals surface area contributed by atoms with Crippen LogP contribution >= 0.6 is 11.6 Å². The van der Waals surface area contributed by atoms with Gasteiger partial charge < -0.3 is 24.8 Å². The van der Waals surface area contributed by atoms with Gasteiger partial charge in [-0.1, -0.05) is 29.8 Å². The minimum Gasteiger partial charge on any atom is -0.493 e. The smallest absolute Gasteiger partial charge is 0.242 e. The van der Waals surface area contributed by atoms with Crippen LogP contribution in [-0.2, 0) is 22.6 Å². The molecule has 0 aliphatic rings. The van der Waals surface area contributed by atoms with Crippen LogP contribution in [0.4, 0.5) is 0 Å². The number of hydrogen-bond acceptors (Lipinski definition) is 5. The van der Waals surface area contributed by atoms with Crippen molar-refractivity contribution >= 4 is 23.4 Å². The number of aliphatic hydroxyl groups is 1. The summed E-state index contributed by atoms with van der Waals surface area (Å²) in [5.41, 5.74) is 1.61. The third-order valence-corrected chi connectivity index (χ3v) is 5.12. The maximum Gasteiger partial charge on any atom is 0.242 e. The van der Waals surface area contributed by atoms with E-state index in [2.05, 4.69) is 5.32 Å². The number of nitrogens with zero attached hydrogens (tertiary/aromatic N) is 1. The first-order chi connectivity index (χ1) is 14.9. The van der Waals surface area contributed by atoms with Gasteiger partial charge in [0.25, 0.3) is 0 Å². The summed E-state index contributed by atoms with van der Waals surface area (Å²) < 4.78 is 10.6. The van der Waals surface area contributed by atoms with Crippen LogP contribution < -0.4 is 14.8 Å². The fourth-order valence-corrected chi connectivity index (χ4v) is 3.20. The van der Waals surface area contributed by atoms with Gasteiger partial charge in [0.1, 0.15) is 6.04 Å². The van der Waals surface area contributed by atoms with E-state index in [-0.39, 0.29) is 31.4 Å². The molecule has 0 saturated heterocycles. The van der Waals surface area contributed by atoms with E-state index in [0.29, 0.717) is 29.5 Å². The highest BCUT2D eigenvalue weighted by Gasteiger charge is 2.26. The van der Waals surface area contributed by atoms with Gasteiger partial charge in [0, 0.05) is 24.7 Å². The number of ether oxygens (including phenoxy) is 2. The first-order valence-corrected chi connectivity index (χ1v) is 10.4. The molecule has 2 aromatic carbocycles. The lowest BCUT2D eigenvalue weighted by Crippen LogP contribution is -2.48. The van der Waals surface area contributed by atoms with E-state index in [1.165, 1.54) is 12.0 Å². The Bertz CT molecular complexity index is 873. The molecule has 0 heterocycles. The van der Waals surface area contributed by atoms with Crippen LogP contribution in [0.3, 0.4) is 0 Å². The zero-order valence-corrected chi connectivity index (χ0v) is 18.8. The van der Waals surface area contributed by atoms with Crippen LogP contribution in [0, 0.1) is 0 Å². The van der Waals surface area contributed by atoms with Crippen LogP contribution in [0.15, 0.2) is 42.5 Å². The van der Waals surface area contributed by atoms with E-state index in [1.54, 1.807) is 44.4 Å². The van der Waals surface area contributed by atoms with Gasteiger partial charge in [-0.15, -0.1) is 0 Å². The van der Waals surface area contributed by atoms with Gasteiger partial charge in [0.15, 0.2) is 11.5 Å². The van der Waals surface area contributed by atoms with Crippen molar-refractivity contribution in [1.82, 2.24) is 10.2 Å². The summed E-state index contributed by atoms with van der Waals surface area (Å²) in [6.07, 6.45) is 0.553. The summed E-state index contributed by atoms with van der Waals surface area (Å²) in [6, 6.07) is 11.8. The number of rotatable bonds is 11. The van der Waals surface area contributed by atoms with Gasteiger partial charge in [-0.2, -0.15) is 0 Å². The normalized spacial score (nSPS) is 11.5. The topological polar surface area (TPSA) is 88.1 Å². The lowest BCUT2D eigenvalue weighted by Gasteiger charge is -2.29. The first kappa shape index (κ1) is 24.5. The molecule has 0 radical (unpaired) electrons. The number of amides is 2. The predicted octanol–water partition coefficient (Wildman–Crippen LogP) is 2.82. The molecule has 0 unspecified atom stereocenters. The van der Waals surface area contributed by atoms with E-state index in [4.69, 9.17) is 26.2 Å². The van der Waals surface area contributed by atoms with Crippen LogP contribution in [0.25, 0.3) is 0 Å². The molecule has 1 atom stereocenters. The molecule has 168 valence electrons. The molecule has 7 nitrogen and oxygen atoms in total. The lowest BCUT2D eigenvalue weighted by molar-refractivity contribution is -0.140. The molecular weight excluding hydrogens is 420 g/mol. The third-order valence-electron chi connectivity index (χ3n) is 4.87. The Morgan fingerprint density at radius 2 is 1.71 bits per heavy atom. The zero-order valence-electron chi connectivity index (χ0n) is 18.1. The van der Waals surface area contributed by atoms with Crippen LogP contribution in [-0.4, -0.2) is 55.2 Å². The summed E-state index contributed by atoms with van der Waals surface area (Å²) in [5.74, 6) is 0.634. The summed E-state index contributed by atoms with van der Waals surface area (Å²) in [5, 5.41) is 12.3. The van der Waals surface area contributed by atoms with Crippen molar-refractivity contribution in [2.45, 2.75) is 32.4 Å². The Kier molecular flexibility index (Phi) is 9.62. The minimum absolute atomic E-state index is 0.0125. The van der Waals surface area contributed by atoms with Crippen molar-refractivity contribution in [2.75, 3.05) is 27.4 Å². The zero-order chi connectivity index (χ0) is 22.8. The van der Waals surface area contributed by atoms with Gasteiger partial charge in [-0.25, -0.2) is 0 Å². The molecule has 0 aliphatic carbocycles. The molecule has 2 N–H and O–H groups in total. The van der Waals surface area contributed by atoms with Crippen LogP contribution in [0.5, 0.6) is 11.5 Å². The molecule has 0 spiro atoms. The predicted molar refractivity (Wildman–Crippen MR) is 119 cm³/mol. The molecule has 0 aliphatic heterocycles. The number of hydrogen-bond donors (Lipinski definition) is 2. The highest BCUT2D eigenvalue weighted by atomic mass is 35.5. The summed E-state index contributed by atoms with van der Waals surface area (Å²) in [4.78, 5) is 27.4. The highest BCUT2D eigenvalue weighted by molar-refractivity contribution is 6.30. The molecule has 0 aromatic heterocycles. The molecule has 0 fully saturated rings. The molecular formula is C23H29ClN2O5. The first-order valence-electron chi connectivity index (χ1n) is 10.0.